The van der Waals surface area contributed by atoms with Crippen LogP contribution >= 0.6 is 0 Å². The average Bonchev–Trinajstić information content (AvgIpc) is 2.04. The summed E-state index contributed by atoms with van der Waals surface area (Å²) in [7, 11) is 0. The van der Waals surface area contributed by atoms with E-state index in [1.807, 2.05) is 6.92 Å². The van der Waals surface area contributed by atoms with Crippen LogP contribution in [0, 0.1) is 17.3 Å². The van der Waals surface area contributed by atoms with Crippen LogP contribution in [0.1, 0.15) is 40.0 Å². The van der Waals surface area contributed by atoms with Gasteiger partial charge in [-0.15, -0.1) is 0 Å². The third-order valence-electron chi connectivity index (χ3n) is 4.41. The third-order valence-corrected chi connectivity index (χ3v) is 4.41. The summed E-state index contributed by atoms with van der Waals surface area (Å²) in [6.07, 6.45) is 3.47. The highest BCUT2D eigenvalue weighted by Crippen LogP contribution is 2.63. The second-order valence-electron chi connectivity index (χ2n) is 5.25. The van der Waals surface area contributed by atoms with Crippen LogP contribution in [-0.4, -0.2) is 10.9 Å². The van der Waals surface area contributed by atoms with Crippen LogP contribution in [0.2, 0.25) is 0 Å². The largest absolute Gasteiger partial charge is 0.251 e. The molecule has 12 heavy (non-hydrogen) atoms. The lowest BCUT2D eigenvalue weighted by Crippen LogP contribution is -2.60. The molecule has 0 aliphatic heterocycles. The molecule has 0 aromatic rings. The molecule has 0 saturated heterocycles. The highest BCUT2D eigenvalue weighted by Gasteiger charge is 2.60. The van der Waals surface area contributed by atoms with Crippen LogP contribution in [0.15, 0.2) is 0 Å². The van der Waals surface area contributed by atoms with Crippen LogP contribution in [0.25, 0.3) is 0 Å². The Kier molecular flexibility index (Phi) is 1.59. The van der Waals surface area contributed by atoms with Gasteiger partial charge in [0, 0.05) is 0 Å². The fourth-order valence-electron chi connectivity index (χ4n) is 3.29. The van der Waals surface area contributed by atoms with E-state index in [4.69, 9.17) is 5.26 Å². The summed E-state index contributed by atoms with van der Waals surface area (Å²) in [5.74, 6) is 1.42. The summed E-state index contributed by atoms with van der Waals surface area (Å²) in [6, 6.07) is 0. The Morgan fingerprint density at radius 2 is 2.00 bits per heavy atom. The van der Waals surface area contributed by atoms with Gasteiger partial charge in [-0.25, -0.2) is 4.89 Å². The van der Waals surface area contributed by atoms with E-state index in [2.05, 4.69) is 18.7 Å². The zero-order chi connectivity index (χ0) is 8.98. The highest BCUT2D eigenvalue weighted by atomic mass is 17.1. The molecule has 0 unspecified atom stereocenters. The summed E-state index contributed by atoms with van der Waals surface area (Å²) in [6.45, 7) is 6.62. The Morgan fingerprint density at radius 1 is 1.33 bits per heavy atom. The fourth-order valence-corrected chi connectivity index (χ4v) is 3.29. The number of rotatable bonds is 1. The molecule has 3 aliphatic carbocycles. The van der Waals surface area contributed by atoms with Crippen molar-refractivity contribution < 1.29 is 10.1 Å². The molecule has 70 valence electrons. The zero-order valence-electron chi connectivity index (χ0n) is 8.13. The molecular weight excluding hydrogens is 152 g/mol. The number of fused-ring (bicyclic) bond motifs is 2. The molecule has 2 nitrogen and oxygen atoms in total. The first kappa shape index (κ1) is 8.52. The van der Waals surface area contributed by atoms with Crippen molar-refractivity contribution >= 4 is 0 Å². The molecule has 3 atom stereocenters. The zero-order valence-corrected chi connectivity index (χ0v) is 8.13. The first-order valence-electron chi connectivity index (χ1n) is 4.83. The SMILES string of the molecule is CC1(C)[C@@H]2CC[C@@](C)(OO)[C@@H]1C2. The second kappa shape index (κ2) is 2.24. The summed E-state index contributed by atoms with van der Waals surface area (Å²) in [5.41, 5.74) is 0.119. The Hall–Kier alpha value is -0.0800. The molecule has 2 heteroatoms. The van der Waals surface area contributed by atoms with Crippen molar-refractivity contribution in [1.82, 2.24) is 0 Å². The van der Waals surface area contributed by atoms with Gasteiger partial charge in [-0.2, -0.15) is 0 Å². The smallest absolute Gasteiger partial charge is 0.104 e. The Balaban J connectivity index is 2.21. The van der Waals surface area contributed by atoms with Crippen LogP contribution in [-0.2, 0) is 4.89 Å². The molecule has 0 aromatic heterocycles. The minimum absolute atomic E-state index is 0.266. The number of hydrogen-bond donors (Lipinski definition) is 1. The van der Waals surface area contributed by atoms with E-state index >= 15 is 0 Å². The van der Waals surface area contributed by atoms with E-state index in [1.165, 1.54) is 12.8 Å². The standard InChI is InChI=1S/C10H18O2/c1-9(2)7-4-5-10(3,12-11)8(9)6-7/h7-8,11H,4-6H2,1-3H3/t7-,8-,10-/m1/s1. The maximum Gasteiger partial charge on any atom is 0.104 e. The van der Waals surface area contributed by atoms with Gasteiger partial charge in [-0.1, -0.05) is 13.8 Å². The molecular formula is C10H18O2. The summed E-state index contributed by atoms with van der Waals surface area (Å²) >= 11 is 0. The Bertz CT molecular complexity index is 198. The minimum atomic E-state index is -0.266. The van der Waals surface area contributed by atoms with E-state index in [9.17, 15) is 0 Å². The van der Waals surface area contributed by atoms with Crippen molar-refractivity contribution in [3.63, 3.8) is 0 Å². The van der Waals surface area contributed by atoms with Crippen LogP contribution in [0.5, 0.6) is 0 Å². The average molecular weight is 170 g/mol. The predicted molar refractivity (Wildman–Crippen MR) is 46.7 cm³/mol. The van der Waals surface area contributed by atoms with Crippen molar-refractivity contribution in [1.29, 1.82) is 0 Å². The molecule has 1 N–H and O–H groups in total. The van der Waals surface area contributed by atoms with Crippen LogP contribution in [0.4, 0.5) is 0 Å². The van der Waals surface area contributed by atoms with E-state index in [1.54, 1.807) is 0 Å². The molecule has 0 heterocycles. The first-order chi connectivity index (χ1) is 5.50. The molecule has 3 saturated carbocycles. The van der Waals surface area contributed by atoms with Gasteiger partial charge in [0.2, 0.25) is 0 Å². The van der Waals surface area contributed by atoms with Gasteiger partial charge in [-0.05, 0) is 43.4 Å². The topological polar surface area (TPSA) is 29.5 Å². The molecule has 2 bridgehead atoms. The number of hydrogen-bond acceptors (Lipinski definition) is 2. The van der Waals surface area contributed by atoms with Crippen LogP contribution in [0.3, 0.4) is 0 Å². The third kappa shape index (κ3) is 0.826. The predicted octanol–water partition coefficient (Wildman–Crippen LogP) is 2.69. The Morgan fingerprint density at radius 3 is 2.33 bits per heavy atom. The lowest BCUT2D eigenvalue weighted by atomic mass is 9.44. The maximum absolute atomic E-state index is 8.88. The van der Waals surface area contributed by atoms with Crippen molar-refractivity contribution in [3.8, 4) is 0 Å². The van der Waals surface area contributed by atoms with Gasteiger partial charge in [0.05, 0.1) is 0 Å². The monoisotopic (exact) mass is 170 g/mol. The molecule has 0 aromatic carbocycles. The second-order valence-corrected chi connectivity index (χ2v) is 5.25. The summed E-state index contributed by atoms with van der Waals surface area (Å²) in [5, 5.41) is 8.88. The molecule has 0 amide bonds. The van der Waals surface area contributed by atoms with Crippen molar-refractivity contribution in [3.05, 3.63) is 0 Å². The lowest BCUT2D eigenvalue weighted by Gasteiger charge is -2.62. The minimum Gasteiger partial charge on any atom is -0.251 e. The molecule has 3 fully saturated rings. The van der Waals surface area contributed by atoms with E-state index < -0.39 is 0 Å². The molecule has 3 aliphatic rings. The van der Waals surface area contributed by atoms with Gasteiger partial charge in [0.15, 0.2) is 0 Å². The van der Waals surface area contributed by atoms with Crippen LogP contribution < -0.4 is 0 Å². The van der Waals surface area contributed by atoms with E-state index in [0.29, 0.717) is 11.3 Å². The lowest BCUT2D eigenvalue weighted by molar-refractivity contribution is -0.371. The van der Waals surface area contributed by atoms with Crippen molar-refractivity contribution in [2.45, 2.75) is 45.6 Å². The normalized spacial score (nSPS) is 50.0. The van der Waals surface area contributed by atoms with E-state index in [-0.39, 0.29) is 5.60 Å². The first-order valence-corrected chi connectivity index (χ1v) is 4.83. The van der Waals surface area contributed by atoms with Crippen molar-refractivity contribution in [2.75, 3.05) is 0 Å². The molecule has 0 radical (unpaired) electrons. The van der Waals surface area contributed by atoms with Gasteiger partial charge < -0.3 is 0 Å². The Labute approximate surface area is 73.8 Å². The van der Waals surface area contributed by atoms with Gasteiger partial charge >= 0.3 is 0 Å². The fraction of sp³-hybridized carbons (Fsp3) is 1.00. The maximum atomic E-state index is 8.88. The highest BCUT2D eigenvalue weighted by molar-refractivity contribution is 5.09. The van der Waals surface area contributed by atoms with Gasteiger partial charge in [0.1, 0.15) is 5.60 Å². The van der Waals surface area contributed by atoms with Gasteiger partial charge in [-0.3, -0.25) is 5.26 Å². The van der Waals surface area contributed by atoms with Gasteiger partial charge in [0.25, 0.3) is 0 Å². The molecule has 3 rings (SSSR count). The van der Waals surface area contributed by atoms with Crippen molar-refractivity contribution in [2.24, 2.45) is 17.3 Å². The summed E-state index contributed by atoms with van der Waals surface area (Å²) in [4.78, 5) is 4.66. The molecule has 0 spiro atoms. The van der Waals surface area contributed by atoms with E-state index in [0.717, 1.165) is 12.3 Å². The summed E-state index contributed by atoms with van der Waals surface area (Å²) < 4.78 is 0. The quantitative estimate of drug-likeness (QED) is 0.484.